The number of hydrogen-bond donors (Lipinski definition) is 2. The molecule has 154 valence electrons. The summed E-state index contributed by atoms with van der Waals surface area (Å²) in [5.41, 5.74) is -0.0392. The number of carbonyl (C=O) groups is 1. The lowest BCUT2D eigenvalue weighted by atomic mass is 9.85. The fraction of sp³-hybridized carbons (Fsp3) is 0.273. The third kappa shape index (κ3) is 3.07. The minimum absolute atomic E-state index is 0.0198. The van der Waals surface area contributed by atoms with Gasteiger partial charge < -0.3 is 19.7 Å². The van der Waals surface area contributed by atoms with Crippen molar-refractivity contribution in [3.63, 3.8) is 0 Å². The lowest BCUT2D eigenvalue weighted by Crippen LogP contribution is -2.48. The number of fused-ring (bicyclic) bond motifs is 1. The lowest BCUT2D eigenvalue weighted by molar-refractivity contribution is -0.149. The Hall–Kier alpha value is -3.15. The zero-order valence-corrected chi connectivity index (χ0v) is 17.3. The van der Waals surface area contributed by atoms with Crippen molar-refractivity contribution >= 4 is 17.7 Å². The predicted octanol–water partition coefficient (Wildman–Crippen LogP) is 3.05. The molecular weight excluding hydrogens is 404 g/mol. The summed E-state index contributed by atoms with van der Waals surface area (Å²) in [7, 11) is 3.02. The van der Waals surface area contributed by atoms with E-state index in [1.54, 1.807) is 42.5 Å². The van der Waals surface area contributed by atoms with E-state index < -0.39 is 11.6 Å². The Labute approximate surface area is 178 Å². The van der Waals surface area contributed by atoms with Crippen LogP contribution in [0.2, 0.25) is 0 Å². The molecule has 0 radical (unpaired) electrons. The molecule has 0 spiro atoms. The second kappa shape index (κ2) is 7.59. The Morgan fingerprint density at radius 3 is 2.63 bits per heavy atom. The van der Waals surface area contributed by atoms with Gasteiger partial charge in [0.15, 0.2) is 17.2 Å². The number of nitrogens with zero attached hydrogens (tertiary/aromatic N) is 2. The van der Waals surface area contributed by atoms with E-state index in [-0.39, 0.29) is 23.8 Å². The van der Waals surface area contributed by atoms with Gasteiger partial charge in [-0.15, -0.1) is 11.8 Å². The first-order valence-electron chi connectivity index (χ1n) is 9.27. The molecule has 2 aliphatic heterocycles. The number of phenols is 1. The Morgan fingerprint density at radius 1 is 1.20 bits per heavy atom. The lowest BCUT2D eigenvalue weighted by Gasteiger charge is -2.38. The maximum absolute atomic E-state index is 13.2. The number of benzene rings is 2. The van der Waals surface area contributed by atoms with Crippen molar-refractivity contribution in [2.24, 2.45) is 0 Å². The Bertz CT molecular complexity index is 1090. The topological polar surface area (TPSA) is 103 Å². The smallest absolute Gasteiger partial charge is 0.231 e. The van der Waals surface area contributed by atoms with Gasteiger partial charge in [0, 0.05) is 17.9 Å². The summed E-state index contributed by atoms with van der Waals surface area (Å²) in [6.07, 6.45) is 0.0198. The van der Waals surface area contributed by atoms with Gasteiger partial charge in [0.1, 0.15) is 5.75 Å². The summed E-state index contributed by atoms with van der Waals surface area (Å²) in [5, 5.41) is 31.7. The van der Waals surface area contributed by atoms with Crippen molar-refractivity contribution in [1.82, 2.24) is 4.90 Å². The minimum atomic E-state index is -1.61. The van der Waals surface area contributed by atoms with Crippen molar-refractivity contribution < 1.29 is 24.5 Å². The average Bonchev–Trinajstić information content (AvgIpc) is 3.12. The van der Waals surface area contributed by atoms with Crippen molar-refractivity contribution in [3.8, 4) is 23.3 Å². The number of methoxy groups -OCH3 is 2. The van der Waals surface area contributed by atoms with E-state index in [1.807, 2.05) is 0 Å². The minimum Gasteiger partial charge on any atom is -0.508 e. The summed E-state index contributed by atoms with van der Waals surface area (Å²) < 4.78 is 10.6. The van der Waals surface area contributed by atoms with E-state index in [9.17, 15) is 20.3 Å². The number of nitriles is 1. The quantitative estimate of drug-likeness (QED) is 0.778. The highest BCUT2D eigenvalue weighted by Gasteiger charge is 2.52. The van der Waals surface area contributed by atoms with E-state index in [4.69, 9.17) is 9.47 Å². The Balaban J connectivity index is 1.80. The van der Waals surface area contributed by atoms with Crippen LogP contribution < -0.4 is 9.47 Å². The van der Waals surface area contributed by atoms with Crippen LogP contribution in [0.25, 0.3) is 0 Å². The molecule has 2 heterocycles. The number of thioether (sulfide) groups is 1. The maximum Gasteiger partial charge on any atom is 0.231 e. The molecule has 4 rings (SSSR count). The van der Waals surface area contributed by atoms with E-state index >= 15 is 0 Å². The number of aromatic hydroxyl groups is 1. The number of hydrogen-bond acceptors (Lipinski definition) is 7. The van der Waals surface area contributed by atoms with Crippen molar-refractivity contribution in [1.29, 1.82) is 5.26 Å². The molecule has 0 bridgehead atoms. The Kier molecular flexibility index (Phi) is 5.10. The molecule has 2 aromatic rings. The molecule has 30 heavy (non-hydrogen) atoms. The van der Waals surface area contributed by atoms with E-state index in [0.717, 1.165) is 0 Å². The molecule has 0 saturated carbocycles. The van der Waals surface area contributed by atoms with Gasteiger partial charge in [-0.05, 0) is 29.8 Å². The third-order valence-corrected chi connectivity index (χ3v) is 6.65. The molecule has 0 unspecified atom stereocenters. The molecule has 0 aliphatic carbocycles. The van der Waals surface area contributed by atoms with Gasteiger partial charge in [-0.3, -0.25) is 9.69 Å². The molecule has 2 aromatic carbocycles. The van der Waals surface area contributed by atoms with Crippen LogP contribution in [0.4, 0.5) is 0 Å². The van der Waals surface area contributed by atoms with Gasteiger partial charge in [0.05, 0.1) is 36.6 Å². The summed E-state index contributed by atoms with van der Waals surface area (Å²) in [6.45, 7) is 0. The first-order chi connectivity index (χ1) is 14.4. The molecule has 7 nitrogen and oxygen atoms in total. The molecular formula is C22H20N2O5S. The number of carbonyl (C=O) groups excluding carboxylic acids is 1. The zero-order chi connectivity index (χ0) is 21.5. The summed E-state index contributed by atoms with van der Waals surface area (Å²) in [6, 6.07) is 13.8. The van der Waals surface area contributed by atoms with Crippen molar-refractivity contribution in [2.45, 2.75) is 18.1 Å². The second-order valence-corrected chi connectivity index (χ2v) is 8.05. The van der Waals surface area contributed by atoms with Gasteiger partial charge >= 0.3 is 0 Å². The molecule has 0 aromatic heterocycles. The van der Waals surface area contributed by atoms with E-state index in [1.165, 1.54) is 30.9 Å². The molecule has 2 aliphatic rings. The third-order valence-electron chi connectivity index (χ3n) is 5.43. The zero-order valence-electron chi connectivity index (χ0n) is 16.5. The normalized spacial score (nSPS) is 23.2. The number of amides is 1. The first kappa shape index (κ1) is 20.1. The fourth-order valence-corrected chi connectivity index (χ4v) is 5.31. The van der Waals surface area contributed by atoms with Crippen LogP contribution >= 0.6 is 11.8 Å². The number of aliphatic hydroxyl groups is 1. The van der Waals surface area contributed by atoms with Crippen molar-refractivity contribution in [3.05, 3.63) is 64.2 Å². The highest BCUT2D eigenvalue weighted by atomic mass is 32.2. The number of allylic oxidation sites excluding steroid dienone is 1. The fourth-order valence-electron chi connectivity index (χ4n) is 3.95. The average molecular weight is 424 g/mol. The molecule has 8 heteroatoms. The van der Waals surface area contributed by atoms with Gasteiger partial charge in [0.2, 0.25) is 5.91 Å². The van der Waals surface area contributed by atoms with Crippen LogP contribution in [-0.4, -0.2) is 41.0 Å². The number of phenolic OH excluding ortho intramolecular Hbond substituents is 1. The molecule has 1 fully saturated rings. The van der Waals surface area contributed by atoms with Gasteiger partial charge in [0.25, 0.3) is 0 Å². The van der Waals surface area contributed by atoms with E-state index in [2.05, 4.69) is 6.07 Å². The van der Waals surface area contributed by atoms with Gasteiger partial charge in [-0.1, -0.05) is 18.2 Å². The second-order valence-electron chi connectivity index (χ2n) is 7.09. The maximum atomic E-state index is 13.2. The summed E-state index contributed by atoms with van der Waals surface area (Å²) in [5.74, 6) is 0.444. The highest BCUT2D eigenvalue weighted by Crippen LogP contribution is 2.52. The van der Waals surface area contributed by atoms with Crippen LogP contribution in [0.1, 0.15) is 23.5 Å². The largest absolute Gasteiger partial charge is 0.508 e. The number of ether oxygens (including phenoxy) is 2. The van der Waals surface area contributed by atoms with Crippen LogP contribution in [0.15, 0.2) is 53.1 Å². The first-order valence-corrected chi connectivity index (χ1v) is 10.3. The van der Waals surface area contributed by atoms with Crippen LogP contribution in [0.5, 0.6) is 17.2 Å². The Morgan fingerprint density at radius 2 is 1.97 bits per heavy atom. The number of rotatable bonds is 4. The van der Waals surface area contributed by atoms with Gasteiger partial charge in [-0.25, -0.2) is 0 Å². The van der Waals surface area contributed by atoms with Crippen LogP contribution in [0.3, 0.4) is 0 Å². The monoisotopic (exact) mass is 424 g/mol. The SMILES string of the molecule is COc1ccc([C@@]2(O)CSC3=C(C#N)[C@H](c4cccc(O)c4)CC(=O)N32)cc1OC. The van der Waals surface area contributed by atoms with Gasteiger partial charge in [-0.2, -0.15) is 5.26 Å². The molecule has 2 N–H and O–H groups in total. The van der Waals surface area contributed by atoms with Crippen LogP contribution in [0, 0.1) is 11.3 Å². The molecule has 1 saturated heterocycles. The molecule has 1 amide bonds. The standard InChI is InChI=1S/C22H20N2O5S/c1-28-18-7-6-14(9-19(18)29-2)22(27)12-30-21-17(11-23)16(10-20(26)24(21)22)13-4-3-5-15(25)8-13/h3-9,16,25,27H,10,12H2,1-2H3/t16-,22-/m0/s1. The summed E-state index contributed by atoms with van der Waals surface area (Å²) in [4.78, 5) is 14.5. The predicted molar refractivity (Wildman–Crippen MR) is 111 cm³/mol. The molecule has 2 atom stereocenters. The van der Waals surface area contributed by atoms with Crippen molar-refractivity contribution in [2.75, 3.05) is 20.0 Å². The van der Waals surface area contributed by atoms with Crippen LogP contribution in [-0.2, 0) is 10.5 Å². The summed E-state index contributed by atoms with van der Waals surface area (Å²) >= 11 is 1.27. The highest BCUT2D eigenvalue weighted by molar-refractivity contribution is 8.03. The van der Waals surface area contributed by atoms with E-state index in [0.29, 0.717) is 33.2 Å².